The highest BCUT2D eigenvalue weighted by Gasteiger charge is 2.17. The third kappa shape index (κ3) is 3.19. The number of nitrogens with one attached hydrogen (secondary N) is 2. The summed E-state index contributed by atoms with van der Waals surface area (Å²) in [4.78, 5) is 15.3. The Kier molecular flexibility index (Phi) is 4.16. The zero-order valence-electron chi connectivity index (χ0n) is 13.0. The number of benzene rings is 1. The lowest BCUT2D eigenvalue weighted by Crippen LogP contribution is -2.25. The molecule has 0 unspecified atom stereocenters. The van der Waals surface area contributed by atoms with E-state index in [2.05, 4.69) is 10.3 Å². The number of hydrogen-bond acceptors (Lipinski definition) is 4. The number of H-pyrrole nitrogens is 1. The van der Waals surface area contributed by atoms with E-state index >= 15 is 0 Å². The number of primary sulfonamides is 1. The van der Waals surface area contributed by atoms with E-state index in [9.17, 15) is 13.2 Å². The van der Waals surface area contributed by atoms with E-state index in [-0.39, 0.29) is 5.76 Å². The molecule has 126 valence electrons. The lowest BCUT2D eigenvalue weighted by Gasteiger charge is -2.04. The van der Waals surface area contributed by atoms with Gasteiger partial charge in [-0.25, -0.2) is 13.6 Å². The molecule has 7 nitrogen and oxygen atoms in total. The second kappa shape index (κ2) is 6.14. The van der Waals surface area contributed by atoms with Crippen LogP contribution in [0.4, 0.5) is 0 Å². The number of aryl methyl sites for hydroxylation is 1. The molecule has 0 aliphatic carbocycles. The van der Waals surface area contributed by atoms with E-state index in [0.717, 1.165) is 28.2 Å². The Morgan fingerprint density at radius 3 is 2.71 bits per heavy atom. The second-order valence-electron chi connectivity index (χ2n) is 5.44. The fraction of sp³-hybridized carbons (Fsp3) is 0.188. The number of para-hydroxylation sites is 1. The van der Waals surface area contributed by atoms with Crippen molar-refractivity contribution in [1.82, 2.24) is 10.3 Å². The van der Waals surface area contributed by atoms with Gasteiger partial charge in [-0.15, -0.1) is 0 Å². The maximum absolute atomic E-state index is 12.0. The van der Waals surface area contributed by atoms with Crippen molar-refractivity contribution in [3.63, 3.8) is 0 Å². The molecule has 8 heteroatoms. The molecule has 0 saturated carbocycles. The number of sulfonamides is 1. The summed E-state index contributed by atoms with van der Waals surface area (Å²) in [7, 11) is -3.95. The molecule has 0 radical (unpaired) electrons. The molecule has 24 heavy (non-hydrogen) atoms. The Morgan fingerprint density at radius 2 is 2.00 bits per heavy atom. The van der Waals surface area contributed by atoms with Gasteiger partial charge in [0.05, 0.1) is 0 Å². The molecule has 3 aromatic rings. The summed E-state index contributed by atoms with van der Waals surface area (Å²) >= 11 is 0. The van der Waals surface area contributed by atoms with Crippen LogP contribution in [0.1, 0.15) is 21.8 Å². The molecule has 2 aromatic heterocycles. The van der Waals surface area contributed by atoms with Crippen molar-refractivity contribution in [2.75, 3.05) is 6.54 Å². The Labute approximate surface area is 138 Å². The molecule has 1 amide bonds. The van der Waals surface area contributed by atoms with Crippen LogP contribution in [-0.4, -0.2) is 25.9 Å². The van der Waals surface area contributed by atoms with Gasteiger partial charge in [0, 0.05) is 23.1 Å². The van der Waals surface area contributed by atoms with E-state index in [4.69, 9.17) is 9.56 Å². The summed E-state index contributed by atoms with van der Waals surface area (Å²) < 4.78 is 27.3. The fourth-order valence-corrected chi connectivity index (χ4v) is 3.10. The van der Waals surface area contributed by atoms with E-state index in [1.165, 1.54) is 6.07 Å². The topological polar surface area (TPSA) is 118 Å². The molecule has 0 fully saturated rings. The van der Waals surface area contributed by atoms with Crippen LogP contribution in [0.25, 0.3) is 10.9 Å². The molecule has 4 N–H and O–H groups in total. The van der Waals surface area contributed by atoms with Gasteiger partial charge in [0.1, 0.15) is 0 Å². The first-order valence-electron chi connectivity index (χ1n) is 7.33. The van der Waals surface area contributed by atoms with Crippen LogP contribution in [0.2, 0.25) is 0 Å². The first kappa shape index (κ1) is 16.3. The zero-order chi connectivity index (χ0) is 17.3. The summed E-state index contributed by atoms with van der Waals surface area (Å²) in [5.41, 5.74) is 3.25. The zero-order valence-corrected chi connectivity index (χ0v) is 13.8. The highest BCUT2D eigenvalue weighted by molar-refractivity contribution is 7.89. The Bertz CT molecular complexity index is 1000. The van der Waals surface area contributed by atoms with Crippen molar-refractivity contribution in [1.29, 1.82) is 0 Å². The van der Waals surface area contributed by atoms with Crippen molar-refractivity contribution in [3.05, 3.63) is 53.4 Å². The van der Waals surface area contributed by atoms with Crippen molar-refractivity contribution in [2.24, 2.45) is 5.14 Å². The SMILES string of the molecule is Cc1[nH]c2ccccc2c1CCNC(=O)c1ccc(S(N)(=O)=O)o1. The Hall–Kier alpha value is -2.58. The molecule has 0 spiro atoms. The number of aromatic amines is 1. The van der Waals surface area contributed by atoms with Gasteiger partial charge in [-0.2, -0.15) is 0 Å². The molecule has 0 aliphatic rings. The summed E-state index contributed by atoms with van der Waals surface area (Å²) in [5, 5.41) is 8.35. The maximum atomic E-state index is 12.0. The highest BCUT2D eigenvalue weighted by atomic mass is 32.2. The number of nitrogens with two attached hydrogens (primary N) is 1. The molecule has 0 saturated heterocycles. The number of aromatic nitrogens is 1. The third-order valence-electron chi connectivity index (χ3n) is 3.77. The molecule has 0 atom stereocenters. The van der Waals surface area contributed by atoms with E-state index < -0.39 is 21.0 Å². The van der Waals surface area contributed by atoms with Crippen molar-refractivity contribution in [3.8, 4) is 0 Å². The van der Waals surface area contributed by atoms with Crippen molar-refractivity contribution >= 4 is 26.8 Å². The predicted molar refractivity (Wildman–Crippen MR) is 89.2 cm³/mol. The van der Waals surface area contributed by atoms with Gasteiger partial charge in [0.2, 0.25) is 5.09 Å². The van der Waals surface area contributed by atoms with Crippen molar-refractivity contribution in [2.45, 2.75) is 18.4 Å². The van der Waals surface area contributed by atoms with Crippen LogP contribution >= 0.6 is 0 Å². The number of carbonyl (C=O) groups is 1. The van der Waals surface area contributed by atoms with Crippen molar-refractivity contribution < 1.29 is 17.6 Å². The van der Waals surface area contributed by atoms with Gasteiger partial charge < -0.3 is 14.7 Å². The molecular weight excluding hydrogens is 330 g/mol. The van der Waals surface area contributed by atoms with Crippen LogP contribution in [0.15, 0.2) is 45.9 Å². The Balaban J connectivity index is 1.66. The summed E-state index contributed by atoms with van der Waals surface area (Å²) in [6.45, 7) is 2.38. The minimum atomic E-state index is -3.95. The first-order valence-corrected chi connectivity index (χ1v) is 8.88. The van der Waals surface area contributed by atoms with E-state index in [1.807, 2.05) is 31.2 Å². The number of furan rings is 1. The second-order valence-corrected chi connectivity index (χ2v) is 6.94. The number of carbonyl (C=O) groups excluding carboxylic acids is 1. The lowest BCUT2D eigenvalue weighted by atomic mass is 10.1. The molecule has 2 heterocycles. The minimum Gasteiger partial charge on any atom is -0.438 e. The normalized spacial score (nSPS) is 11.8. The average Bonchev–Trinajstić information content (AvgIpc) is 3.12. The van der Waals surface area contributed by atoms with Gasteiger partial charge in [0.15, 0.2) is 5.76 Å². The standard InChI is InChI=1S/C16H17N3O4S/c1-10-11(12-4-2-3-5-13(12)19-10)8-9-18-16(20)14-6-7-15(23-14)24(17,21)22/h2-7,19H,8-9H2,1H3,(H,18,20)(H2,17,21,22). The Morgan fingerprint density at radius 1 is 1.25 bits per heavy atom. The van der Waals surface area contributed by atoms with Gasteiger partial charge >= 0.3 is 0 Å². The van der Waals surface area contributed by atoms with Crippen LogP contribution in [0, 0.1) is 6.92 Å². The highest BCUT2D eigenvalue weighted by Crippen LogP contribution is 2.22. The number of fused-ring (bicyclic) bond motifs is 1. The van der Waals surface area contributed by atoms with E-state index in [0.29, 0.717) is 13.0 Å². The number of rotatable bonds is 5. The van der Waals surface area contributed by atoms with Crippen LogP contribution in [-0.2, 0) is 16.4 Å². The predicted octanol–water partition coefficient (Wildman–Crippen LogP) is 1.69. The van der Waals surface area contributed by atoms with Gasteiger partial charge in [-0.1, -0.05) is 18.2 Å². The quantitative estimate of drug-likeness (QED) is 0.651. The van der Waals surface area contributed by atoms with Gasteiger partial charge in [0.25, 0.3) is 15.9 Å². The smallest absolute Gasteiger partial charge is 0.287 e. The molecule has 0 bridgehead atoms. The molecular formula is C16H17N3O4S. The minimum absolute atomic E-state index is 0.0883. The first-order chi connectivity index (χ1) is 11.4. The molecule has 0 aliphatic heterocycles. The average molecular weight is 347 g/mol. The summed E-state index contributed by atoms with van der Waals surface area (Å²) in [5.74, 6) is -0.572. The maximum Gasteiger partial charge on any atom is 0.287 e. The van der Waals surface area contributed by atoms with Gasteiger partial charge in [-0.05, 0) is 37.1 Å². The van der Waals surface area contributed by atoms with Crippen LogP contribution in [0.3, 0.4) is 0 Å². The summed E-state index contributed by atoms with van der Waals surface area (Å²) in [6.07, 6.45) is 0.643. The monoisotopic (exact) mass is 347 g/mol. The molecule has 3 rings (SSSR count). The number of hydrogen-bond donors (Lipinski definition) is 3. The van der Waals surface area contributed by atoms with Crippen LogP contribution < -0.4 is 10.5 Å². The summed E-state index contributed by atoms with van der Waals surface area (Å²) in [6, 6.07) is 10.4. The number of amides is 1. The van der Waals surface area contributed by atoms with Crippen LogP contribution in [0.5, 0.6) is 0 Å². The largest absolute Gasteiger partial charge is 0.438 e. The van der Waals surface area contributed by atoms with Gasteiger partial charge in [-0.3, -0.25) is 4.79 Å². The lowest BCUT2D eigenvalue weighted by molar-refractivity contribution is 0.0921. The third-order valence-corrected chi connectivity index (χ3v) is 4.55. The van der Waals surface area contributed by atoms with E-state index in [1.54, 1.807) is 0 Å². The molecule has 1 aromatic carbocycles. The fourth-order valence-electron chi connectivity index (χ4n) is 2.64.